The minimum absolute atomic E-state index is 0. The van der Waals surface area contributed by atoms with Crippen molar-refractivity contribution in [3.63, 3.8) is 0 Å². The molecule has 1 aliphatic rings. The van der Waals surface area contributed by atoms with E-state index in [2.05, 4.69) is 5.32 Å². The summed E-state index contributed by atoms with van der Waals surface area (Å²) in [7, 11) is 0. The minimum atomic E-state index is -0.288. The van der Waals surface area contributed by atoms with Crippen molar-refractivity contribution in [2.24, 2.45) is 0 Å². The standard InChI is InChI=1S/C19H15N3O2.ClH.H2O/c1-12-19(24)22-11-16(13-7-9-15(23)10-8-13)21-17(18(22)20-12)14-5-3-2-4-6-14;;/h2-12,23H,1H3;1H;1H2/p+1. The first-order chi connectivity index (χ1) is 11.6. The Labute approximate surface area is 156 Å². The third-order valence-corrected chi connectivity index (χ3v) is 4.12. The summed E-state index contributed by atoms with van der Waals surface area (Å²) in [6.45, 7) is 1.84. The van der Waals surface area contributed by atoms with Crippen LogP contribution < -0.4 is 9.88 Å². The van der Waals surface area contributed by atoms with Gasteiger partial charge >= 0.3 is 11.7 Å². The summed E-state index contributed by atoms with van der Waals surface area (Å²) in [6, 6.07) is 16.3. The lowest BCUT2D eigenvalue weighted by atomic mass is 10.1. The maximum atomic E-state index is 12.5. The lowest BCUT2D eigenvalue weighted by Crippen LogP contribution is -2.42. The number of phenols is 1. The minimum Gasteiger partial charge on any atom is -0.508 e. The Kier molecular flexibility index (Phi) is 5.59. The van der Waals surface area contributed by atoms with Crippen molar-refractivity contribution in [3.05, 3.63) is 60.8 Å². The molecule has 1 unspecified atom stereocenters. The zero-order valence-corrected chi connectivity index (χ0v) is 14.8. The summed E-state index contributed by atoms with van der Waals surface area (Å²) in [5.41, 5.74) is 3.20. The van der Waals surface area contributed by atoms with Gasteiger partial charge < -0.3 is 10.6 Å². The van der Waals surface area contributed by atoms with E-state index in [4.69, 9.17) is 4.98 Å². The van der Waals surface area contributed by atoms with E-state index in [1.54, 1.807) is 35.0 Å². The second-order valence-electron chi connectivity index (χ2n) is 5.81. The zero-order chi connectivity index (χ0) is 16.7. The van der Waals surface area contributed by atoms with E-state index < -0.39 is 0 Å². The number of anilines is 1. The maximum Gasteiger partial charge on any atom is 0.358 e. The molecule has 6 nitrogen and oxygen atoms in total. The van der Waals surface area contributed by atoms with Gasteiger partial charge in [-0.15, -0.1) is 12.4 Å². The molecule has 1 aromatic heterocycles. The molecule has 0 amide bonds. The number of aromatic hydroxyl groups is 1. The second kappa shape index (κ2) is 7.51. The van der Waals surface area contributed by atoms with Crippen LogP contribution in [0.1, 0.15) is 11.7 Å². The van der Waals surface area contributed by atoms with Gasteiger partial charge in [-0.25, -0.2) is 9.78 Å². The molecular weight excluding hydrogens is 354 g/mol. The fourth-order valence-corrected chi connectivity index (χ4v) is 2.86. The Bertz CT molecular complexity index is 931. The molecule has 0 radical (unpaired) electrons. The molecule has 0 saturated carbocycles. The van der Waals surface area contributed by atoms with E-state index in [9.17, 15) is 9.90 Å². The molecule has 2 heterocycles. The quantitative estimate of drug-likeness (QED) is 0.675. The SMILES string of the molecule is CC1Nc2c(-c3ccccc3)nc(-c3ccc(O)cc3)c[n+]2C1=O.Cl.O. The number of phenolic OH excluding ortho intramolecular Hbond substituents is 1. The van der Waals surface area contributed by atoms with Gasteiger partial charge in [-0.2, -0.15) is 4.57 Å². The second-order valence-corrected chi connectivity index (χ2v) is 5.81. The number of benzene rings is 2. The van der Waals surface area contributed by atoms with E-state index in [-0.39, 0.29) is 35.6 Å². The fraction of sp³-hybridized carbons (Fsp3) is 0.105. The Morgan fingerprint density at radius 2 is 1.69 bits per heavy atom. The molecule has 134 valence electrons. The molecule has 0 fully saturated rings. The van der Waals surface area contributed by atoms with Crippen LogP contribution in [0.5, 0.6) is 5.75 Å². The van der Waals surface area contributed by atoms with E-state index >= 15 is 0 Å². The Morgan fingerprint density at radius 1 is 1.04 bits per heavy atom. The highest BCUT2D eigenvalue weighted by Gasteiger charge is 2.38. The summed E-state index contributed by atoms with van der Waals surface area (Å²) in [6.07, 6.45) is 1.74. The van der Waals surface area contributed by atoms with Gasteiger partial charge in [0.05, 0.1) is 0 Å². The van der Waals surface area contributed by atoms with Gasteiger partial charge in [0.2, 0.25) is 0 Å². The number of carbonyl (C=O) groups excluding carboxylic acids is 1. The lowest BCUT2D eigenvalue weighted by Gasteiger charge is -2.07. The van der Waals surface area contributed by atoms with Crippen LogP contribution >= 0.6 is 12.4 Å². The molecule has 26 heavy (non-hydrogen) atoms. The van der Waals surface area contributed by atoms with Gasteiger partial charge in [0, 0.05) is 11.1 Å². The normalized spacial score (nSPS) is 14.7. The van der Waals surface area contributed by atoms with Crippen LogP contribution in [-0.4, -0.2) is 27.5 Å². The predicted octanol–water partition coefficient (Wildman–Crippen LogP) is 2.46. The van der Waals surface area contributed by atoms with Crippen LogP contribution in [-0.2, 0) is 0 Å². The highest BCUT2D eigenvalue weighted by molar-refractivity contribution is 5.86. The number of rotatable bonds is 2. The van der Waals surface area contributed by atoms with Crippen molar-refractivity contribution in [3.8, 4) is 28.3 Å². The number of carbonyl (C=O) groups is 1. The van der Waals surface area contributed by atoms with E-state index in [0.717, 1.165) is 16.8 Å². The summed E-state index contributed by atoms with van der Waals surface area (Å²) < 4.78 is 1.63. The topological polar surface area (TPSA) is 97.6 Å². The number of aromatic nitrogens is 2. The molecule has 4 rings (SSSR count). The third kappa shape index (κ3) is 3.24. The molecule has 1 aliphatic heterocycles. The predicted molar refractivity (Wildman–Crippen MR) is 102 cm³/mol. The summed E-state index contributed by atoms with van der Waals surface area (Å²) >= 11 is 0. The smallest absolute Gasteiger partial charge is 0.358 e. The number of nitrogens with zero attached hydrogens (tertiary/aromatic N) is 2. The van der Waals surface area contributed by atoms with Crippen LogP contribution in [0.25, 0.3) is 22.5 Å². The number of hydrogen-bond donors (Lipinski definition) is 2. The monoisotopic (exact) mass is 372 g/mol. The molecular formula is C19H19ClN3O3+. The molecule has 0 saturated heterocycles. The van der Waals surface area contributed by atoms with Crippen molar-refractivity contribution in [1.29, 1.82) is 0 Å². The van der Waals surface area contributed by atoms with E-state index in [0.29, 0.717) is 11.5 Å². The largest absolute Gasteiger partial charge is 0.508 e. The average molecular weight is 373 g/mol. The molecule has 3 aromatic rings. The number of hydrogen-bond acceptors (Lipinski definition) is 4. The molecule has 4 N–H and O–H groups in total. The molecule has 7 heteroatoms. The molecule has 1 atom stereocenters. The Balaban J connectivity index is 0.00000121. The van der Waals surface area contributed by atoms with E-state index in [1.165, 1.54) is 0 Å². The highest BCUT2D eigenvalue weighted by atomic mass is 35.5. The van der Waals surface area contributed by atoms with Gasteiger partial charge in [0.1, 0.15) is 17.6 Å². The summed E-state index contributed by atoms with van der Waals surface area (Å²) in [5, 5.41) is 12.7. The van der Waals surface area contributed by atoms with Crippen molar-refractivity contribution in [2.75, 3.05) is 5.32 Å². The Morgan fingerprint density at radius 3 is 2.35 bits per heavy atom. The summed E-state index contributed by atoms with van der Waals surface area (Å²) in [4.78, 5) is 17.2. The first kappa shape index (κ1) is 19.4. The number of fused-ring (bicyclic) bond motifs is 1. The average Bonchev–Trinajstić information content (AvgIpc) is 2.90. The van der Waals surface area contributed by atoms with Crippen molar-refractivity contribution >= 4 is 24.1 Å². The van der Waals surface area contributed by atoms with Gasteiger partial charge in [-0.3, -0.25) is 5.32 Å². The molecule has 0 aliphatic carbocycles. The number of halogens is 1. The van der Waals surface area contributed by atoms with Gasteiger partial charge in [-0.1, -0.05) is 30.3 Å². The van der Waals surface area contributed by atoms with Crippen molar-refractivity contribution in [1.82, 2.24) is 4.98 Å². The van der Waals surface area contributed by atoms with Gasteiger partial charge in [0.25, 0.3) is 0 Å². The van der Waals surface area contributed by atoms with Crippen LogP contribution in [0.4, 0.5) is 5.82 Å². The van der Waals surface area contributed by atoms with Crippen LogP contribution in [0.15, 0.2) is 60.8 Å². The van der Waals surface area contributed by atoms with Crippen molar-refractivity contribution in [2.45, 2.75) is 13.0 Å². The maximum absolute atomic E-state index is 12.5. The summed E-state index contributed by atoms with van der Waals surface area (Å²) in [5.74, 6) is 0.896. The van der Waals surface area contributed by atoms with Crippen LogP contribution in [0.2, 0.25) is 0 Å². The lowest BCUT2D eigenvalue weighted by molar-refractivity contribution is -0.551. The third-order valence-electron chi connectivity index (χ3n) is 4.12. The van der Waals surface area contributed by atoms with Gasteiger partial charge in [0.15, 0.2) is 11.7 Å². The first-order valence-electron chi connectivity index (χ1n) is 7.76. The number of nitrogens with one attached hydrogen (secondary N) is 1. The Hall–Kier alpha value is -2.96. The van der Waals surface area contributed by atoms with Crippen LogP contribution in [0, 0.1) is 0 Å². The van der Waals surface area contributed by atoms with Gasteiger partial charge in [-0.05, 0) is 31.2 Å². The van der Waals surface area contributed by atoms with E-state index in [1.807, 2.05) is 37.3 Å². The zero-order valence-electron chi connectivity index (χ0n) is 14.0. The molecule has 2 aromatic carbocycles. The van der Waals surface area contributed by atoms with Crippen molar-refractivity contribution < 1.29 is 19.9 Å². The molecule has 0 bridgehead atoms. The highest BCUT2D eigenvalue weighted by Crippen LogP contribution is 2.29. The van der Waals surface area contributed by atoms with Crippen LogP contribution in [0.3, 0.4) is 0 Å². The molecule has 0 spiro atoms. The fourth-order valence-electron chi connectivity index (χ4n) is 2.86. The first-order valence-corrected chi connectivity index (χ1v) is 7.76.